The quantitative estimate of drug-likeness (QED) is 0.435. The van der Waals surface area contributed by atoms with Gasteiger partial charge in [-0.1, -0.05) is 0 Å². The molecule has 2 fully saturated rings. The molecule has 0 radical (unpaired) electrons. The average Bonchev–Trinajstić information content (AvgIpc) is 2.84. The van der Waals surface area contributed by atoms with Crippen molar-refractivity contribution in [1.29, 1.82) is 0 Å². The van der Waals surface area contributed by atoms with Crippen molar-refractivity contribution < 1.29 is 24.1 Å². The number of benzene rings is 1. The van der Waals surface area contributed by atoms with E-state index >= 15 is 0 Å². The minimum Gasteiger partial charge on any atom is -0.482 e. The first kappa shape index (κ1) is 21.7. The number of carboxylic acid groups (broad SMARTS) is 1. The lowest BCUT2D eigenvalue weighted by Gasteiger charge is -2.30. The molecule has 32 heavy (non-hydrogen) atoms. The molecule has 0 spiro atoms. The minimum atomic E-state index is -1.02. The fourth-order valence-corrected chi connectivity index (χ4v) is 3.17. The molecule has 2 N–H and O–H groups in total. The number of rotatable bonds is 8. The van der Waals surface area contributed by atoms with Gasteiger partial charge in [0.25, 0.3) is 0 Å². The fourth-order valence-electron chi connectivity index (χ4n) is 3.17. The summed E-state index contributed by atoms with van der Waals surface area (Å²) in [5.41, 5.74) is 3.69. The first-order valence-corrected chi connectivity index (χ1v) is 10.3. The number of aliphatic carboxylic acids is 1. The van der Waals surface area contributed by atoms with Gasteiger partial charge in [0.2, 0.25) is 17.8 Å². The Balaban J connectivity index is 1.46. The summed E-state index contributed by atoms with van der Waals surface area (Å²) in [6, 6.07) is 6.91. The molecule has 0 bridgehead atoms. The van der Waals surface area contributed by atoms with Gasteiger partial charge in [-0.2, -0.15) is 20.1 Å². The predicted molar refractivity (Wildman–Crippen MR) is 117 cm³/mol. The number of morpholine rings is 2. The minimum absolute atomic E-state index is 0.348. The van der Waals surface area contributed by atoms with Gasteiger partial charge < -0.3 is 29.1 Å². The summed E-state index contributed by atoms with van der Waals surface area (Å²) in [6.45, 7) is 4.99. The van der Waals surface area contributed by atoms with Crippen LogP contribution in [0.1, 0.15) is 5.56 Å². The Bertz CT molecular complexity index is 892. The van der Waals surface area contributed by atoms with Crippen molar-refractivity contribution in [3.8, 4) is 5.75 Å². The number of nitrogens with zero attached hydrogens (tertiary/aromatic N) is 6. The third kappa shape index (κ3) is 6.02. The van der Waals surface area contributed by atoms with E-state index in [0.717, 1.165) is 5.56 Å². The van der Waals surface area contributed by atoms with Crippen molar-refractivity contribution in [2.45, 2.75) is 0 Å². The molecule has 1 aromatic carbocycles. The zero-order valence-electron chi connectivity index (χ0n) is 17.5. The number of hydrogen-bond acceptors (Lipinski definition) is 11. The largest absolute Gasteiger partial charge is 0.482 e. The standard InChI is InChI=1S/C20H25N7O5/c28-17(29)14-32-16-3-1-15(2-4-16)13-21-25-18-22-19(26-5-9-30-10-6-26)24-20(23-18)27-7-11-31-12-8-27/h1-4,13H,5-12,14H2,(H,28,29)(H,22,23,24,25). The smallest absolute Gasteiger partial charge is 0.341 e. The van der Waals surface area contributed by atoms with Crippen molar-refractivity contribution in [2.75, 3.05) is 74.4 Å². The van der Waals surface area contributed by atoms with Crippen LogP contribution in [0.3, 0.4) is 0 Å². The molecule has 12 nitrogen and oxygen atoms in total. The van der Waals surface area contributed by atoms with E-state index in [-0.39, 0.29) is 6.61 Å². The van der Waals surface area contributed by atoms with Crippen molar-refractivity contribution in [3.05, 3.63) is 29.8 Å². The van der Waals surface area contributed by atoms with E-state index < -0.39 is 5.97 Å². The van der Waals surface area contributed by atoms with E-state index in [9.17, 15) is 4.79 Å². The molecule has 2 aliphatic rings. The Hall–Kier alpha value is -3.51. The molecule has 0 saturated carbocycles. The number of carbonyl (C=O) groups is 1. The van der Waals surface area contributed by atoms with Gasteiger partial charge in [0.05, 0.1) is 32.6 Å². The van der Waals surface area contributed by atoms with Gasteiger partial charge in [-0.15, -0.1) is 0 Å². The van der Waals surface area contributed by atoms with Crippen molar-refractivity contribution in [2.24, 2.45) is 5.10 Å². The lowest BCUT2D eigenvalue weighted by Crippen LogP contribution is -2.40. The molecule has 1 aromatic heterocycles. The van der Waals surface area contributed by atoms with Crippen molar-refractivity contribution in [3.63, 3.8) is 0 Å². The summed E-state index contributed by atoms with van der Waals surface area (Å²) < 4.78 is 16.0. The number of aromatic nitrogens is 3. The van der Waals surface area contributed by atoms with E-state index in [1.54, 1.807) is 30.5 Å². The highest BCUT2D eigenvalue weighted by atomic mass is 16.5. The maximum Gasteiger partial charge on any atom is 0.341 e. The van der Waals surface area contributed by atoms with E-state index in [2.05, 4.69) is 35.3 Å². The van der Waals surface area contributed by atoms with E-state index in [0.29, 0.717) is 76.2 Å². The van der Waals surface area contributed by atoms with Crippen LogP contribution in [0.15, 0.2) is 29.4 Å². The Morgan fingerprint density at radius 3 is 2.09 bits per heavy atom. The average molecular weight is 443 g/mol. The monoisotopic (exact) mass is 443 g/mol. The molecule has 2 saturated heterocycles. The molecule has 0 unspecified atom stereocenters. The van der Waals surface area contributed by atoms with Crippen molar-refractivity contribution >= 4 is 30.0 Å². The summed E-state index contributed by atoms with van der Waals surface area (Å²) in [7, 11) is 0. The highest BCUT2D eigenvalue weighted by molar-refractivity contribution is 5.80. The molecular formula is C20H25N7O5. The van der Waals surface area contributed by atoms with Gasteiger partial charge in [0.1, 0.15) is 5.75 Å². The second-order valence-electron chi connectivity index (χ2n) is 7.08. The van der Waals surface area contributed by atoms with Gasteiger partial charge in [-0.25, -0.2) is 10.2 Å². The van der Waals surface area contributed by atoms with Gasteiger partial charge in [0, 0.05) is 26.2 Å². The zero-order chi connectivity index (χ0) is 22.2. The van der Waals surface area contributed by atoms with Crippen LogP contribution in [0, 0.1) is 0 Å². The van der Waals surface area contributed by atoms with Gasteiger partial charge >= 0.3 is 5.97 Å². The third-order valence-electron chi connectivity index (χ3n) is 4.82. The number of nitrogens with one attached hydrogen (secondary N) is 1. The van der Waals surface area contributed by atoms with E-state index in [1.165, 1.54) is 0 Å². The van der Waals surface area contributed by atoms with Crippen LogP contribution in [0.4, 0.5) is 17.8 Å². The zero-order valence-corrected chi connectivity index (χ0v) is 17.5. The predicted octanol–water partition coefficient (Wildman–Crippen LogP) is 0.454. The second-order valence-corrected chi connectivity index (χ2v) is 7.08. The van der Waals surface area contributed by atoms with Crippen LogP contribution in [0.25, 0.3) is 0 Å². The van der Waals surface area contributed by atoms with Crippen LogP contribution in [0.5, 0.6) is 5.75 Å². The molecule has 0 atom stereocenters. The van der Waals surface area contributed by atoms with Gasteiger partial charge in [-0.05, 0) is 29.8 Å². The highest BCUT2D eigenvalue weighted by Gasteiger charge is 2.20. The second kappa shape index (κ2) is 10.7. The Kier molecular flexibility index (Phi) is 7.25. The van der Waals surface area contributed by atoms with Crippen LogP contribution >= 0.6 is 0 Å². The normalized spacial score (nSPS) is 16.9. The van der Waals surface area contributed by atoms with Gasteiger partial charge in [-0.3, -0.25) is 0 Å². The topological polar surface area (TPSA) is 135 Å². The molecule has 2 aliphatic heterocycles. The molecule has 170 valence electrons. The first-order chi connectivity index (χ1) is 15.7. The molecule has 4 rings (SSSR count). The number of carboxylic acids is 1. The van der Waals surface area contributed by atoms with Crippen LogP contribution in [-0.4, -0.2) is 91.5 Å². The lowest BCUT2D eigenvalue weighted by molar-refractivity contribution is -0.139. The fraction of sp³-hybridized carbons (Fsp3) is 0.450. The third-order valence-corrected chi connectivity index (χ3v) is 4.82. The molecule has 12 heteroatoms. The maximum atomic E-state index is 10.6. The summed E-state index contributed by atoms with van der Waals surface area (Å²) in [4.78, 5) is 28.4. The Labute approximate surface area is 184 Å². The number of ether oxygens (including phenoxy) is 3. The molecule has 3 heterocycles. The molecule has 0 aliphatic carbocycles. The first-order valence-electron chi connectivity index (χ1n) is 10.3. The highest BCUT2D eigenvalue weighted by Crippen LogP contribution is 2.19. The summed E-state index contributed by atoms with van der Waals surface area (Å²) in [5, 5.41) is 12.9. The van der Waals surface area contributed by atoms with Crippen molar-refractivity contribution in [1.82, 2.24) is 15.0 Å². The maximum absolute atomic E-state index is 10.6. The van der Waals surface area contributed by atoms with E-state index in [4.69, 9.17) is 19.3 Å². The Morgan fingerprint density at radius 1 is 1.00 bits per heavy atom. The molecular weight excluding hydrogens is 418 g/mol. The Morgan fingerprint density at radius 2 is 1.56 bits per heavy atom. The van der Waals surface area contributed by atoms with Crippen LogP contribution in [-0.2, 0) is 14.3 Å². The molecule has 0 amide bonds. The summed E-state index contributed by atoms with van der Waals surface area (Å²) in [6.07, 6.45) is 1.62. The van der Waals surface area contributed by atoms with Gasteiger partial charge in [0.15, 0.2) is 6.61 Å². The molecule has 2 aromatic rings. The number of anilines is 3. The number of hydrogen-bond donors (Lipinski definition) is 2. The van der Waals surface area contributed by atoms with E-state index in [1.807, 2.05) is 0 Å². The lowest BCUT2D eigenvalue weighted by atomic mass is 10.2. The van der Waals surface area contributed by atoms with Crippen LogP contribution in [0.2, 0.25) is 0 Å². The number of hydrazone groups is 1. The summed E-state index contributed by atoms with van der Waals surface area (Å²) >= 11 is 0. The van der Waals surface area contributed by atoms with Crippen LogP contribution < -0.4 is 20.0 Å². The summed E-state index contributed by atoms with van der Waals surface area (Å²) in [5.74, 6) is 0.968. The SMILES string of the molecule is O=C(O)COc1ccc(C=NNc2nc(N3CCOCC3)nc(N3CCOCC3)n2)cc1.